The summed E-state index contributed by atoms with van der Waals surface area (Å²) < 4.78 is 10.0. The average molecular weight is 246 g/mol. The van der Waals surface area contributed by atoms with E-state index in [9.17, 15) is 0 Å². The van der Waals surface area contributed by atoms with Gasteiger partial charge in [-0.2, -0.15) is 0 Å². The summed E-state index contributed by atoms with van der Waals surface area (Å²) in [7, 11) is 13.0. The van der Waals surface area contributed by atoms with E-state index < -0.39 is 18.2 Å². The van der Waals surface area contributed by atoms with Gasteiger partial charge in [-0.05, 0) is 24.6 Å². The molecule has 0 aliphatic heterocycles. The van der Waals surface area contributed by atoms with Crippen LogP contribution in [0.4, 0.5) is 0 Å². The molecule has 14 heavy (non-hydrogen) atoms. The molecule has 0 saturated carbocycles. The highest BCUT2D eigenvalue weighted by Crippen LogP contribution is 2.21. The summed E-state index contributed by atoms with van der Waals surface area (Å²) in [5.41, 5.74) is 0.890. The van der Waals surface area contributed by atoms with Gasteiger partial charge >= 0.3 is 18.2 Å². The molecule has 0 unspecified atom stereocenters. The van der Waals surface area contributed by atoms with Gasteiger partial charge in [0.2, 0.25) is 0 Å². The van der Waals surface area contributed by atoms with E-state index in [0.29, 0.717) is 0 Å². The quantitative estimate of drug-likeness (QED) is 0.747. The maximum absolute atomic E-state index is 5.02. The van der Waals surface area contributed by atoms with Crippen molar-refractivity contribution >= 4 is 36.3 Å². The number of halogens is 2. The number of methoxy groups -OCH3 is 2. The molecular formula is C9H11Cl2MgO2. The molecule has 2 nitrogen and oxygen atoms in total. The van der Waals surface area contributed by atoms with Crippen molar-refractivity contribution in [3.8, 4) is 11.5 Å². The van der Waals surface area contributed by atoms with E-state index in [-0.39, 0.29) is 0 Å². The molecule has 1 aromatic carbocycles. The molecule has 0 aliphatic carbocycles. The Labute approximate surface area is 102 Å². The van der Waals surface area contributed by atoms with Gasteiger partial charge in [0.1, 0.15) is 11.5 Å². The molecule has 0 atom stereocenters. The van der Waals surface area contributed by atoms with Crippen molar-refractivity contribution in [3.63, 3.8) is 0 Å². The van der Waals surface area contributed by atoms with Crippen molar-refractivity contribution in [2.24, 2.45) is 0 Å². The highest BCUT2D eigenvalue weighted by molar-refractivity contribution is 7.22. The summed E-state index contributed by atoms with van der Waals surface area (Å²) in [5, 5.41) is 0. The first-order valence-corrected chi connectivity index (χ1v) is 8.12. The van der Waals surface area contributed by atoms with Crippen LogP contribution in [0.1, 0.15) is 5.56 Å². The zero-order valence-corrected chi connectivity index (χ0v) is 11.1. The van der Waals surface area contributed by atoms with Gasteiger partial charge in [-0.1, -0.05) is 0 Å². The van der Waals surface area contributed by atoms with Crippen molar-refractivity contribution in [1.29, 1.82) is 0 Å². The van der Waals surface area contributed by atoms with Gasteiger partial charge in [0.15, 0.2) is 0 Å². The third-order valence-corrected chi connectivity index (χ3v) is 1.41. The second-order valence-corrected chi connectivity index (χ2v) is 4.95. The summed E-state index contributed by atoms with van der Waals surface area (Å²) in [6, 6.07) is 5.51. The van der Waals surface area contributed by atoms with Crippen LogP contribution in [-0.2, 0) is 0 Å². The van der Waals surface area contributed by atoms with E-state index >= 15 is 0 Å². The number of hydrogen-bond acceptors (Lipinski definition) is 2. The summed E-state index contributed by atoms with van der Waals surface area (Å²) in [5.74, 6) is 1.55. The van der Waals surface area contributed by atoms with Gasteiger partial charge in [-0.25, -0.2) is 0 Å². The van der Waals surface area contributed by atoms with E-state index in [1.807, 2.05) is 18.2 Å². The van der Waals surface area contributed by atoms with Crippen LogP contribution in [0.3, 0.4) is 0 Å². The van der Waals surface area contributed by atoms with Gasteiger partial charge < -0.3 is 27.6 Å². The normalized spacial score (nSPS) is 8.07. The van der Waals surface area contributed by atoms with E-state index in [0.717, 1.165) is 17.1 Å². The Morgan fingerprint density at radius 3 is 1.71 bits per heavy atom. The highest BCUT2D eigenvalue weighted by atomic mass is 35.6. The van der Waals surface area contributed by atoms with E-state index in [1.54, 1.807) is 14.2 Å². The molecule has 0 heterocycles. The van der Waals surface area contributed by atoms with Gasteiger partial charge in [-0.15, -0.1) is 0 Å². The lowest BCUT2D eigenvalue weighted by Crippen LogP contribution is -1.87. The van der Waals surface area contributed by atoms with Crippen molar-refractivity contribution in [2.75, 3.05) is 14.2 Å². The number of hydrogen-bond donors (Lipinski definition) is 0. The minimum absolute atomic E-state index is 0.639. The Kier molecular flexibility index (Phi) is 8.57. The van der Waals surface area contributed by atoms with Crippen LogP contribution in [0.5, 0.6) is 11.5 Å². The molecule has 0 aromatic heterocycles. The molecule has 0 fully saturated rings. The Bertz CT molecular complexity index is 247. The Morgan fingerprint density at radius 2 is 1.43 bits per heavy atom. The minimum Gasteiger partial charge on any atom is -0.497 e. The Balaban J connectivity index is 0.000000500. The van der Waals surface area contributed by atoms with E-state index in [4.69, 9.17) is 27.6 Å². The first-order chi connectivity index (χ1) is 6.67. The lowest BCUT2D eigenvalue weighted by molar-refractivity contribution is 0.394. The van der Waals surface area contributed by atoms with Crippen LogP contribution in [0.15, 0.2) is 18.2 Å². The molecule has 5 heteroatoms. The topological polar surface area (TPSA) is 18.5 Å². The van der Waals surface area contributed by atoms with Crippen molar-refractivity contribution in [1.82, 2.24) is 0 Å². The predicted molar refractivity (Wildman–Crippen MR) is 61.5 cm³/mol. The lowest BCUT2D eigenvalue weighted by Gasteiger charge is -2.04. The SMILES string of the molecule is [CH2]c1cc(OC)cc(OC)c1.[Cl][Mg][Cl]. The molecular weight excluding hydrogens is 235 g/mol. The fourth-order valence-electron chi connectivity index (χ4n) is 0.866. The van der Waals surface area contributed by atoms with Gasteiger partial charge in [0.25, 0.3) is 0 Å². The molecule has 1 rings (SSSR count). The molecule has 1 aromatic rings. The maximum Gasteiger partial charge on any atom is 0.618 e. The molecule has 0 spiro atoms. The number of ether oxygens (including phenoxy) is 2. The monoisotopic (exact) mass is 245 g/mol. The zero-order valence-electron chi connectivity index (χ0n) is 8.22. The molecule has 1 radical (unpaired) electrons. The van der Waals surface area contributed by atoms with Crippen LogP contribution in [-0.4, -0.2) is 32.4 Å². The fraction of sp³-hybridized carbons (Fsp3) is 0.222. The van der Waals surface area contributed by atoms with Crippen molar-refractivity contribution in [2.45, 2.75) is 0 Å². The van der Waals surface area contributed by atoms with Crippen LogP contribution in [0.25, 0.3) is 0 Å². The third-order valence-electron chi connectivity index (χ3n) is 1.41. The Hall–Kier alpha value is 0.166. The zero-order chi connectivity index (χ0) is 11.0. The molecule has 0 aliphatic rings. The first kappa shape index (κ1) is 14.2. The summed E-state index contributed by atoms with van der Waals surface area (Å²) in [4.78, 5) is 0. The highest BCUT2D eigenvalue weighted by Gasteiger charge is 1.96. The smallest absolute Gasteiger partial charge is 0.497 e. The van der Waals surface area contributed by atoms with Crippen LogP contribution < -0.4 is 9.47 Å². The standard InChI is InChI=1S/C9H11O2.2ClH.Mg/c1-7-4-8(10-2)6-9(5-7)11-3;;;/h4-6H,1H2,2-3H3;2*1H;/q;;;+2/p-2. The number of benzene rings is 1. The summed E-state index contributed by atoms with van der Waals surface area (Å²) in [6.07, 6.45) is 0. The van der Waals surface area contributed by atoms with E-state index in [1.165, 1.54) is 0 Å². The largest absolute Gasteiger partial charge is 0.618 e. The minimum atomic E-state index is -0.639. The van der Waals surface area contributed by atoms with Gasteiger partial charge in [0, 0.05) is 6.07 Å². The fourth-order valence-corrected chi connectivity index (χ4v) is 0.866. The summed E-state index contributed by atoms with van der Waals surface area (Å²) in [6.45, 7) is 3.78. The van der Waals surface area contributed by atoms with Crippen LogP contribution >= 0.6 is 18.1 Å². The lowest BCUT2D eigenvalue weighted by atomic mass is 10.2. The average Bonchev–Trinajstić information content (AvgIpc) is 2.18. The second kappa shape index (κ2) is 8.47. The second-order valence-electron chi connectivity index (χ2n) is 2.32. The molecule has 0 bridgehead atoms. The Morgan fingerprint density at radius 1 is 1.07 bits per heavy atom. The van der Waals surface area contributed by atoms with Gasteiger partial charge in [0.05, 0.1) is 14.2 Å². The van der Waals surface area contributed by atoms with E-state index in [2.05, 4.69) is 6.92 Å². The molecule has 0 saturated heterocycles. The van der Waals surface area contributed by atoms with Crippen molar-refractivity contribution < 1.29 is 9.47 Å². The first-order valence-electron chi connectivity index (χ1n) is 3.84. The van der Waals surface area contributed by atoms with Crippen LogP contribution in [0, 0.1) is 6.92 Å². The molecule has 0 N–H and O–H groups in total. The van der Waals surface area contributed by atoms with Gasteiger partial charge in [-0.3, -0.25) is 0 Å². The van der Waals surface area contributed by atoms with Crippen molar-refractivity contribution in [3.05, 3.63) is 30.7 Å². The summed E-state index contributed by atoms with van der Waals surface area (Å²) >= 11 is -0.639. The predicted octanol–water partition coefficient (Wildman–Crippen LogP) is 2.88. The maximum atomic E-state index is 5.02. The van der Waals surface area contributed by atoms with Crippen LogP contribution in [0.2, 0.25) is 0 Å². The third kappa shape index (κ3) is 5.80. The number of rotatable bonds is 2. The molecule has 75 valence electrons. The molecule has 0 amide bonds.